The van der Waals surface area contributed by atoms with E-state index in [0.717, 1.165) is 53.6 Å². The highest BCUT2D eigenvalue weighted by atomic mass is 32.2. The second-order valence-electron chi connectivity index (χ2n) is 25.7. The number of ether oxygens (including phenoxy) is 2. The maximum absolute atomic E-state index is 10.6. The first kappa shape index (κ1) is 153. The smallest absolute Gasteiger partial charge is 0.308 e. The topological polar surface area (TPSA) is 117 Å². The Balaban J connectivity index is -0.000000125. The van der Waals surface area contributed by atoms with Gasteiger partial charge in [0.25, 0.3) is 0 Å². The molecular weight excluding hydrogens is 1730 g/mol. The van der Waals surface area contributed by atoms with Gasteiger partial charge in [0.05, 0.1) is 6.61 Å². The van der Waals surface area contributed by atoms with E-state index in [9.17, 15) is 19.5 Å². The third kappa shape index (κ3) is 103. The summed E-state index contributed by atoms with van der Waals surface area (Å²) in [5.41, 5.74) is 12.0. The molecule has 776 valence electrons. The molecule has 0 radical (unpaired) electrons. The molecule has 0 spiro atoms. The van der Waals surface area contributed by atoms with Crippen LogP contribution in [0.25, 0.3) is 17.4 Å². The van der Waals surface area contributed by atoms with E-state index in [1.54, 1.807) is 25.1 Å². The van der Waals surface area contributed by atoms with Crippen LogP contribution in [0.5, 0.6) is 11.5 Å². The van der Waals surface area contributed by atoms with E-state index >= 15 is 0 Å². The highest BCUT2D eigenvalue weighted by Gasteiger charge is 2.16. The lowest BCUT2D eigenvalue weighted by atomic mass is 9.82. The Hall–Kier alpha value is -12.4. The number of para-hydroxylation sites is 5. The number of hydrogen-bond acceptors (Lipinski definition) is 9. The van der Waals surface area contributed by atoms with Crippen LogP contribution in [0.3, 0.4) is 0 Å². The number of thioether (sulfide) groups is 1. The first-order valence-corrected chi connectivity index (χ1v) is 52.5. The number of aliphatic hydroxyl groups excluding tert-OH is 1. The molecule has 9 nitrogen and oxygen atoms in total. The van der Waals surface area contributed by atoms with Gasteiger partial charge in [-0.15, -0.1) is 17.7 Å². The molecule has 0 fully saturated rings. The Bertz CT molecular complexity index is 4200. The number of rotatable bonds is 17. The largest absolute Gasteiger partial charge is 0.508 e. The van der Waals surface area contributed by atoms with Gasteiger partial charge in [-0.1, -0.05) is 497 Å². The quantitative estimate of drug-likeness (QED) is 0.0269. The van der Waals surface area contributed by atoms with E-state index in [0.29, 0.717) is 23.3 Å². The van der Waals surface area contributed by atoms with E-state index in [4.69, 9.17) is 9.47 Å². The zero-order chi connectivity index (χ0) is 109. The number of amides is 1. The minimum atomic E-state index is -0.286. The molecule has 0 unspecified atom stereocenters. The van der Waals surface area contributed by atoms with Crippen molar-refractivity contribution in [3.63, 3.8) is 0 Å². The van der Waals surface area contributed by atoms with Gasteiger partial charge in [-0.05, 0) is 199 Å². The molecule has 140 heavy (non-hydrogen) atoms. The molecule has 1 amide bonds. The standard InChI is InChI=1S/C11H16.C10H12.C9H13N.2C9H10O.C9H10.C9H8.C8H9NO.C8H11N.C8H8O2.C8H10O.C8H10S.12C2H6/c1-4-11(2,3)10-8-6-5-7-9-10;1-3-9(2)10-7-5-4-6-8-10;1-3-10(2)9-7-5-4-6-8-9;1-8(10)7-9-5-3-2-4-6-9;1-2-9(10)8-6-4-3-5-7-8;2*1-2-6-9-7-4-3-5-8-9;1-7(10)9-8-5-3-2-4-6-8;1-2-9-8-6-4-3-5-7-8;1-7(9)10-8-5-3-2-4-6-8;2*1-2-9-8-6-4-3-5-7-8;12*1-2/h5-9H,4H2,1-3H3;3-8H,1-2H3;4-8H,3H2,1-2H3;2-6H,7H2,1H3;2-7,10H,1H3;2-8H,1H3;3-5,7-8H,1H3;2-6H,1H3,(H,9,10);3-7,9H,2H2,1H3;2-6H,1H3;2*3-7H,2H2,1H3;12*1-2H3/b;9-3+;;;9-2-;6-2+;;;;;;;;;;;;;;;;;;. The Morgan fingerprint density at radius 1 is 0.407 bits per heavy atom. The number of nitrogens with zero attached hydrogens (tertiary/aromatic N) is 1. The number of allylic oxidation sites excluding steroid dienone is 4. The fourth-order valence-corrected chi connectivity index (χ4v) is 10.1. The Morgan fingerprint density at radius 2 is 0.743 bits per heavy atom. The fourth-order valence-electron chi connectivity index (χ4n) is 9.41. The zero-order valence-electron chi connectivity index (χ0n) is 95.5. The number of carbonyl (C=O) groups is 3. The number of benzene rings is 12. The van der Waals surface area contributed by atoms with Crippen LogP contribution in [0.1, 0.15) is 310 Å². The first-order valence-electron chi connectivity index (χ1n) is 51.5. The number of nitrogens with one attached hydrogen (secondary N) is 2. The predicted octanol–water partition coefficient (Wildman–Crippen LogP) is 40.4. The molecule has 3 N–H and O–H groups in total. The molecule has 0 atom stereocenters. The van der Waals surface area contributed by atoms with Gasteiger partial charge in [0.1, 0.15) is 23.0 Å². The van der Waals surface area contributed by atoms with Crippen molar-refractivity contribution in [1.29, 1.82) is 0 Å². The lowest BCUT2D eigenvalue weighted by Gasteiger charge is -2.22. The van der Waals surface area contributed by atoms with Crippen molar-refractivity contribution in [2.45, 2.75) is 293 Å². The highest BCUT2D eigenvalue weighted by Crippen LogP contribution is 2.26. The summed E-state index contributed by atoms with van der Waals surface area (Å²) in [5, 5.41) is 15.1. The van der Waals surface area contributed by atoms with Crippen molar-refractivity contribution in [1.82, 2.24) is 0 Å². The number of anilines is 3. The van der Waals surface area contributed by atoms with E-state index < -0.39 is 0 Å². The van der Waals surface area contributed by atoms with Crippen LogP contribution >= 0.6 is 11.8 Å². The Morgan fingerprint density at radius 3 is 1.07 bits per heavy atom. The van der Waals surface area contributed by atoms with Crippen LogP contribution in [0, 0.1) is 11.8 Å². The van der Waals surface area contributed by atoms with E-state index in [2.05, 4.69) is 229 Å². The van der Waals surface area contributed by atoms with E-state index in [1.165, 1.54) is 58.8 Å². The zero-order valence-corrected chi connectivity index (χ0v) is 96.4. The highest BCUT2D eigenvalue weighted by molar-refractivity contribution is 7.99. The lowest BCUT2D eigenvalue weighted by molar-refractivity contribution is -0.132. The van der Waals surface area contributed by atoms with Crippen LogP contribution in [0.15, 0.2) is 387 Å². The predicted molar refractivity (Wildman–Crippen MR) is 640 cm³/mol. The molecule has 0 aliphatic rings. The Labute approximate surface area is 867 Å². The van der Waals surface area contributed by atoms with E-state index in [-0.39, 0.29) is 17.7 Å². The third-order valence-corrected chi connectivity index (χ3v) is 16.9. The van der Waals surface area contributed by atoms with Crippen molar-refractivity contribution in [3.05, 3.63) is 416 Å². The lowest BCUT2D eigenvalue weighted by Crippen LogP contribution is -2.15. The minimum absolute atomic E-state index is 0.0359. The number of Topliss-reactive ketones (excluding diaryl/α,β-unsaturated/α-hetero) is 1. The number of hydrogen-bond donors (Lipinski definition) is 3. The molecule has 12 aromatic rings. The molecule has 0 heterocycles. The number of ketones is 1. The van der Waals surface area contributed by atoms with Gasteiger partial charge in [0.15, 0.2) is 0 Å². The van der Waals surface area contributed by atoms with Gasteiger partial charge in [-0.3, -0.25) is 14.4 Å². The Kier molecular flexibility index (Phi) is 141. The fraction of sp³-hybridized carbons (Fsp3) is 0.362. The van der Waals surface area contributed by atoms with Crippen molar-refractivity contribution in [3.8, 4) is 23.3 Å². The van der Waals surface area contributed by atoms with Crippen molar-refractivity contribution >= 4 is 63.9 Å². The van der Waals surface area contributed by atoms with Crippen LogP contribution in [0.2, 0.25) is 0 Å². The summed E-state index contributed by atoms with van der Waals surface area (Å²) in [7, 11) is 2.09. The number of esters is 1. The average Bonchev–Trinajstić information content (AvgIpc) is 0.859. The molecule has 0 bridgehead atoms. The SMILES string of the molecule is C/C=C(\C)c1ccccc1.C/C=C(\O)c1ccccc1.C/C=C/c1ccccc1.CC.CC.CC.CC.CC.CC.CC.CC.CC.CC.CC.CC.CC#Cc1ccccc1.CC(=O)Cc1ccccc1.CC(=O)Nc1ccccc1.CC(=O)Oc1ccccc1.CCC(C)(C)c1ccccc1.CCN(C)c1ccccc1.CCNc1ccccc1.CCOc1ccccc1.CCSc1ccccc1. The molecule has 0 aliphatic carbocycles. The summed E-state index contributed by atoms with van der Waals surface area (Å²) in [4.78, 5) is 35.1. The number of aliphatic hydroxyl groups is 1. The monoisotopic (exact) mass is 1930 g/mol. The van der Waals surface area contributed by atoms with Gasteiger partial charge in [-0.2, -0.15) is 0 Å². The summed E-state index contributed by atoms with van der Waals surface area (Å²) in [6.07, 6.45) is 9.66. The van der Waals surface area contributed by atoms with Gasteiger partial charge in [-0.25, -0.2) is 0 Å². The second kappa shape index (κ2) is 129. The van der Waals surface area contributed by atoms with Crippen LogP contribution in [-0.2, 0) is 26.2 Å². The van der Waals surface area contributed by atoms with Gasteiger partial charge in [0, 0.05) is 73.5 Å². The summed E-state index contributed by atoms with van der Waals surface area (Å²) in [6, 6.07) is 120. The molecule has 0 saturated carbocycles. The molecule has 12 aromatic carbocycles. The third-order valence-electron chi connectivity index (χ3n) is 16.0. The summed E-state index contributed by atoms with van der Waals surface area (Å²) in [5.74, 6) is 8.71. The maximum Gasteiger partial charge on any atom is 0.308 e. The first-order chi connectivity index (χ1) is 68.2. The molecule has 0 aliphatic heterocycles. The normalized spacial score (nSPS) is 8.60. The van der Waals surface area contributed by atoms with Crippen LogP contribution < -0.4 is 25.0 Å². The van der Waals surface area contributed by atoms with Gasteiger partial charge >= 0.3 is 5.97 Å². The number of carbonyl (C=O) groups excluding carboxylic acids is 3. The summed E-state index contributed by atoms with van der Waals surface area (Å²) in [6.45, 7) is 80.3. The molecule has 12 rings (SSSR count). The summed E-state index contributed by atoms with van der Waals surface area (Å²) >= 11 is 1.88. The van der Waals surface area contributed by atoms with Gasteiger partial charge < -0.3 is 30.1 Å². The van der Waals surface area contributed by atoms with Crippen LogP contribution in [-0.4, -0.2) is 55.3 Å². The van der Waals surface area contributed by atoms with Gasteiger partial charge in [0.2, 0.25) is 5.91 Å². The van der Waals surface area contributed by atoms with E-state index in [1.807, 2.05) is 436 Å². The van der Waals surface area contributed by atoms with Crippen LogP contribution in [0.4, 0.5) is 17.1 Å². The van der Waals surface area contributed by atoms with Crippen molar-refractivity contribution in [2.24, 2.45) is 0 Å². The summed E-state index contributed by atoms with van der Waals surface area (Å²) < 4.78 is 9.98. The van der Waals surface area contributed by atoms with Crippen molar-refractivity contribution < 1.29 is 29.0 Å². The second-order valence-corrected chi connectivity index (χ2v) is 27.0. The molecule has 0 aromatic heterocycles. The molecule has 0 saturated heterocycles. The minimum Gasteiger partial charge on any atom is -0.508 e. The molecular formula is C130H199N3O6S. The average molecular weight is 1930 g/mol. The molecule has 10 heteroatoms. The van der Waals surface area contributed by atoms with Crippen molar-refractivity contribution in [2.75, 3.05) is 48.0 Å². The maximum atomic E-state index is 10.6.